The first kappa shape index (κ1) is 28.6. The van der Waals surface area contributed by atoms with E-state index in [2.05, 4.69) is 45.0 Å². The Morgan fingerprint density at radius 2 is 1.35 bits per heavy atom. The minimum atomic E-state index is -2.81. The van der Waals surface area contributed by atoms with Crippen LogP contribution in [0.4, 0.5) is 4.79 Å². The molecule has 0 aliphatic carbocycles. The van der Waals surface area contributed by atoms with E-state index in [1.807, 2.05) is 80.6 Å². The number of benzene rings is 3. The predicted molar refractivity (Wildman–Crippen MR) is 153 cm³/mol. The first-order valence-corrected chi connectivity index (χ1v) is 15.0. The van der Waals surface area contributed by atoms with Gasteiger partial charge in [0.25, 0.3) is 8.32 Å². The molecule has 0 unspecified atom stereocenters. The number of aliphatic hydroxyl groups excluding tert-OH is 1. The first-order valence-electron chi connectivity index (χ1n) is 13.1. The van der Waals surface area contributed by atoms with Crippen molar-refractivity contribution >= 4 is 24.8 Å². The third-order valence-electron chi connectivity index (χ3n) is 6.72. The average Bonchev–Trinajstić information content (AvgIpc) is 2.90. The molecule has 3 rings (SSSR count). The number of nitrogens with zero attached hydrogens (tertiary/aromatic N) is 1. The van der Waals surface area contributed by atoms with Gasteiger partial charge >= 0.3 is 6.09 Å². The van der Waals surface area contributed by atoms with Crippen LogP contribution in [-0.4, -0.2) is 49.7 Å². The maximum atomic E-state index is 13.0. The number of carbonyl (C=O) groups excluding carboxylic acids is 1. The van der Waals surface area contributed by atoms with Gasteiger partial charge in [-0.3, -0.25) is 0 Å². The molecule has 0 saturated heterocycles. The van der Waals surface area contributed by atoms with Gasteiger partial charge in [-0.2, -0.15) is 0 Å². The van der Waals surface area contributed by atoms with Crippen LogP contribution in [0.5, 0.6) is 0 Å². The SMILES string of the molecule is CC(C)N(CC[C@@H](CO)O[Si](c1ccccc1)(c1ccccc1)C(C)(C)C)C(=O)OCc1ccccc1. The highest BCUT2D eigenvalue weighted by molar-refractivity contribution is 6.99. The fourth-order valence-corrected chi connectivity index (χ4v) is 9.48. The molecule has 0 fully saturated rings. The van der Waals surface area contributed by atoms with Crippen LogP contribution in [0.2, 0.25) is 5.04 Å². The van der Waals surface area contributed by atoms with E-state index in [1.54, 1.807) is 4.90 Å². The molecule has 1 atom stereocenters. The highest BCUT2D eigenvalue weighted by Crippen LogP contribution is 2.37. The number of hydrogen-bond donors (Lipinski definition) is 1. The van der Waals surface area contributed by atoms with Crippen molar-refractivity contribution in [2.45, 2.75) is 64.8 Å². The monoisotopic (exact) mass is 519 g/mol. The van der Waals surface area contributed by atoms with E-state index >= 15 is 0 Å². The van der Waals surface area contributed by atoms with Crippen molar-refractivity contribution in [2.24, 2.45) is 0 Å². The van der Waals surface area contributed by atoms with Gasteiger partial charge < -0.3 is 19.2 Å². The van der Waals surface area contributed by atoms with E-state index in [-0.39, 0.29) is 30.4 Å². The number of ether oxygens (including phenoxy) is 1. The molecule has 1 amide bonds. The van der Waals surface area contributed by atoms with Crippen LogP contribution in [0.25, 0.3) is 0 Å². The maximum absolute atomic E-state index is 13.0. The zero-order chi connectivity index (χ0) is 26.9. The third kappa shape index (κ3) is 7.10. The van der Waals surface area contributed by atoms with Crippen LogP contribution in [-0.2, 0) is 15.8 Å². The molecule has 0 aromatic heterocycles. The first-order chi connectivity index (χ1) is 17.7. The van der Waals surface area contributed by atoms with Gasteiger partial charge in [0.15, 0.2) is 0 Å². The minimum absolute atomic E-state index is 0.0459. The van der Waals surface area contributed by atoms with Gasteiger partial charge in [-0.05, 0) is 41.2 Å². The summed E-state index contributed by atoms with van der Waals surface area (Å²) in [6, 6.07) is 30.4. The van der Waals surface area contributed by atoms with Gasteiger partial charge in [-0.15, -0.1) is 0 Å². The molecule has 0 bridgehead atoms. The quantitative estimate of drug-likeness (QED) is 0.347. The number of carbonyl (C=O) groups is 1. The maximum Gasteiger partial charge on any atom is 0.410 e. The van der Waals surface area contributed by atoms with E-state index in [9.17, 15) is 9.90 Å². The van der Waals surface area contributed by atoms with Crippen molar-refractivity contribution in [3.05, 3.63) is 96.6 Å². The summed E-state index contributed by atoms with van der Waals surface area (Å²) in [7, 11) is -2.81. The summed E-state index contributed by atoms with van der Waals surface area (Å²) >= 11 is 0. The Morgan fingerprint density at radius 3 is 1.78 bits per heavy atom. The van der Waals surface area contributed by atoms with Crippen molar-refractivity contribution in [3.8, 4) is 0 Å². The van der Waals surface area contributed by atoms with E-state index in [1.165, 1.54) is 0 Å². The zero-order valence-corrected chi connectivity index (χ0v) is 23.8. The minimum Gasteiger partial charge on any atom is -0.445 e. The van der Waals surface area contributed by atoms with Gasteiger partial charge in [-0.1, -0.05) is 112 Å². The van der Waals surface area contributed by atoms with Crippen molar-refractivity contribution in [1.82, 2.24) is 4.90 Å². The Labute approximate surface area is 223 Å². The van der Waals surface area contributed by atoms with Gasteiger partial charge in [0, 0.05) is 12.6 Å². The Morgan fingerprint density at radius 1 is 0.865 bits per heavy atom. The molecule has 0 aliphatic heterocycles. The molecule has 3 aromatic carbocycles. The second-order valence-electron chi connectivity index (χ2n) is 10.7. The van der Waals surface area contributed by atoms with Crippen molar-refractivity contribution in [2.75, 3.05) is 13.2 Å². The van der Waals surface area contributed by atoms with Crippen LogP contribution >= 0.6 is 0 Å². The molecule has 0 heterocycles. The van der Waals surface area contributed by atoms with Crippen LogP contribution in [0, 0.1) is 0 Å². The lowest BCUT2D eigenvalue weighted by atomic mass is 10.2. The van der Waals surface area contributed by atoms with E-state index < -0.39 is 14.4 Å². The lowest BCUT2D eigenvalue weighted by Gasteiger charge is -2.45. The topological polar surface area (TPSA) is 59.0 Å². The van der Waals surface area contributed by atoms with Gasteiger partial charge in [0.05, 0.1) is 12.7 Å². The highest BCUT2D eigenvalue weighted by atomic mass is 28.4. The summed E-state index contributed by atoms with van der Waals surface area (Å²) in [4.78, 5) is 14.7. The number of hydrogen-bond acceptors (Lipinski definition) is 4. The summed E-state index contributed by atoms with van der Waals surface area (Å²) in [6.45, 7) is 11.1. The molecule has 3 aromatic rings. The lowest BCUT2D eigenvalue weighted by molar-refractivity contribution is 0.0641. The molecule has 6 heteroatoms. The van der Waals surface area contributed by atoms with Crippen LogP contribution in [0.15, 0.2) is 91.0 Å². The second-order valence-corrected chi connectivity index (χ2v) is 15.0. The standard InChI is InChI=1S/C31H41NO4Si/c1-25(2)32(30(34)35-24-26-15-9-6-10-16-26)22-21-27(23-33)36-37(31(3,4)5,28-17-11-7-12-18-28)29-19-13-8-14-20-29/h6-20,25,27,33H,21-24H2,1-5H3/t27-/m0/s1. The largest absolute Gasteiger partial charge is 0.445 e. The van der Waals surface area contributed by atoms with Crippen molar-refractivity contribution < 1.29 is 19.1 Å². The summed E-state index contributed by atoms with van der Waals surface area (Å²) < 4.78 is 12.7. The molecule has 198 valence electrons. The lowest BCUT2D eigenvalue weighted by Crippen LogP contribution is -2.68. The molecule has 0 radical (unpaired) electrons. The smallest absolute Gasteiger partial charge is 0.410 e. The highest BCUT2D eigenvalue weighted by Gasteiger charge is 2.51. The van der Waals surface area contributed by atoms with E-state index in [0.29, 0.717) is 13.0 Å². The number of aliphatic hydroxyl groups is 1. The summed E-state index contributed by atoms with van der Waals surface area (Å²) in [6.07, 6.45) is -0.296. The Bertz CT molecular complexity index is 1040. The van der Waals surface area contributed by atoms with Crippen LogP contribution < -0.4 is 10.4 Å². The fraction of sp³-hybridized carbons (Fsp3) is 0.387. The average molecular weight is 520 g/mol. The van der Waals surface area contributed by atoms with Gasteiger partial charge in [-0.25, -0.2) is 4.79 Å². The third-order valence-corrected chi connectivity index (χ3v) is 11.8. The van der Waals surface area contributed by atoms with Crippen molar-refractivity contribution in [3.63, 3.8) is 0 Å². The van der Waals surface area contributed by atoms with Gasteiger partial charge in [0.1, 0.15) is 6.61 Å². The Hall–Kier alpha value is -2.93. The molecular weight excluding hydrogens is 478 g/mol. The summed E-state index contributed by atoms with van der Waals surface area (Å²) in [5.74, 6) is 0. The van der Waals surface area contributed by atoms with Crippen molar-refractivity contribution in [1.29, 1.82) is 0 Å². The van der Waals surface area contributed by atoms with E-state index in [4.69, 9.17) is 9.16 Å². The summed E-state index contributed by atoms with van der Waals surface area (Å²) in [5.41, 5.74) is 0.947. The molecule has 5 nitrogen and oxygen atoms in total. The number of rotatable bonds is 11. The summed E-state index contributed by atoms with van der Waals surface area (Å²) in [5, 5.41) is 12.6. The molecule has 0 saturated carbocycles. The Balaban J connectivity index is 1.83. The second kappa shape index (κ2) is 13.0. The fourth-order valence-electron chi connectivity index (χ4n) is 4.77. The molecular formula is C31H41NO4Si. The molecule has 0 aliphatic rings. The number of amides is 1. The molecule has 0 spiro atoms. The molecule has 37 heavy (non-hydrogen) atoms. The normalized spacial score (nSPS) is 12.8. The molecule has 1 N–H and O–H groups in total. The Kier molecular flexibility index (Phi) is 10.1. The predicted octanol–water partition coefficient (Wildman–Crippen LogP) is 5.36. The van der Waals surface area contributed by atoms with Crippen LogP contribution in [0.3, 0.4) is 0 Å². The van der Waals surface area contributed by atoms with Crippen LogP contribution in [0.1, 0.15) is 46.6 Å². The van der Waals surface area contributed by atoms with Gasteiger partial charge in [0.2, 0.25) is 0 Å². The zero-order valence-electron chi connectivity index (χ0n) is 22.8. The van der Waals surface area contributed by atoms with E-state index in [0.717, 1.165) is 15.9 Å².